The van der Waals surface area contributed by atoms with E-state index in [9.17, 15) is 4.79 Å². The molecule has 0 radical (unpaired) electrons. The highest BCUT2D eigenvalue weighted by Gasteiger charge is 2.16. The molecule has 0 aliphatic carbocycles. The largest absolute Gasteiger partial charge is 0.343 e. The molecule has 96 valence electrons. The molecule has 0 aliphatic rings. The van der Waals surface area contributed by atoms with Crippen molar-refractivity contribution in [2.24, 2.45) is 0 Å². The van der Waals surface area contributed by atoms with Crippen LogP contribution in [-0.2, 0) is 0 Å². The van der Waals surface area contributed by atoms with Crippen molar-refractivity contribution in [3.8, 4) is 0 Å². The number of hydrogen-bond acceptors (Lipinski definition) is 4. The minimum Gasteiger partial charge on any atom is -0.343 e. The predicted octanol–water partition coefficient (Wildman–Crippen LogP) is 2.48. The molecule has 18 heavy (non-hydrogen) atoms. The van der Waals surface area contributed by atoms with Crippen molar-refractivity contribution in [1.29, 1.82) is 0 Å². The third-order valence-corrected chi connectivity index (χ3v) is 3.34. The highest BCUT2D eigenvalue weighted by Crippen LogP contribution is 2.16. The van der Waals surface area contributed by atoms with Gasteiger partial charge in [0, 0.05) is 5.92 Å². The first-order valence-electron chi connectivity index (χ1n) is 5.83. The topological polar surface area (TPSA) is 70.7 Å². The van der Waals surface area contributed by atoms with E-state index in [1.807, 2.05) is 37.6 Å². The number of amides is 1. The maximum absolute atomic E-state index is 11.9. The van der Waals surface area contributed by atoms with Crippen LogP contribution in [0.25, 0.3) is 0 Å². The van der Waals surface area contributed by atoms with Crippen LogP contribution in [0.3, 0.4) is 0 Å². The van der Waals surface area contributed by atoms with E-state index in [4.69, 9.17) is 0 Å². The fourth-order valence-corrected chi connectivity index (χ4v) is 2.25. The van der Waals surface area contributed by atoms with Gasteiger partial charge in [0.2, 0.25) is 5.82 Å². The number of aromatic nitrogens is 3. The lowest BCUT2D eigenvalue weighted by Gasteiger charge is -2.10. The highest BCUT2D eigenvalue weighted by molar-refractivity contribution is 7.07. The first kappa shape index (κ1) is 12.8. The van der Waals surface area contributed by atoms with Crippen LogP contribution in [0.5, 0.6) is 0 Å². The maximum Gasteiger partial charge on any atom is 0.291 e. The van der Waals surface area contributed by atoms with Crippen molar-refractivity contribution >= 4 is 17.2 Å². The second kappa shape index (κ2) is 5.30. The molecular weight excluding hydrogens is 248 g/mol. The molecular formula is C12H16N4OS. The molecule has 2 aromatic heterocycles. The SMILES string of the molecule is CC(C)c1nc(C(=O)NC(C)c2ccsc2)n[nH]1. The first-order valence-corrected chi connectivity index (χ1v) is 6.77. The number of carbonyl (C=O) groups excluding carboxylic acids is 1. The van der Waals surface area contributed by atoms with E-state index in [0.29, 0.717) is 0 Å². The molecule has 2 heterocycles. The van der Waals surface area contributed by atoms with E-state index in [2.05, 4.69) is 20.5 Å². The average Bonchev–Trinajstić information content (AvgIpc) is 3.00. The number of nitrogens with one attached hydrogen (secondary N) is 2. The molecule has 1 unspecified atom stereocenters. The fourth-order valence-electron chi connectivity index (χ4n) is 1.50. The van der Waals surface area contributed by atoms with Gasteiger partial charge in [-0.2, -0.15) is 11.3 Å². The number of H-pyrrole nitrogens is 1. The summed E-state index contributed by atoms with van der Waals surface area (Å²) in [6, 6.07) is 1.96. The van der Waals surface area contributed by atoms with Crippen LogP contribution in [0, 0.1) is 0 Å². The molecule has 2 aromatic rings. The van der Waals surface area contributed by atoms with Gasteiger partial charge in [0.1, 0.15) is 5.82 Å². The van der Waals surface area contributed by atoms with Crippen molar-refractivity contribution in [3.05, 3.63) is 34.0 Å². The van der Waals surface area contributed by atoms with Crippen LogP contribution >= 0.6 is 11.3 Å². The van der Waals surface area contributed by atoms with Crippen molar-refractivity contribution in [3.63, 3.8) is 0 Å². The molecule has 0 spiro atoms. The van der Waals surface area contributed by atoms with Gasteiger partial charge in [-0.25, -0.2) is 4.98 Å². The smallest absolute Gasteiger partial charge is 0.291 e. The lowest BCUT2D eigenvalue weighted by Crippen LogP contribution is -2.27. The molecule has 5 nitrogen and oxygen atoms in total. The summed E-state index contributed by atoms with van der Waals surface area (Å²) < 4.78 is 0. The van der Waals surface area contributed by atoms with Gasteiger partial charge in [0.25, 0.3) is 5.91 Å². The Balaban J connectivity index is 2.03. The van der Waals surface area contributed by atoms with E-state index in [1.54, 1.807) is 11.3 Å². The Morgan fingerprint density at radius 3 is 2.78 bits per heavy atom. The van der Waals surface area contributed by atoms with E-state index in [0.717, 1.165) is 11.4 Å². The number of carbonyl (C=O) groups is 1. The second-order valence-corrected chi connectivity index (χ2v) is 5.23. The Labute approximate surface area is 110 Å². The zero-order valence-electron chi connectivity index (χ0n) is 10.6. The monoisotopic (exact) mass is 264 g/mol. The van der Waals surface area contributed by atoms with Crippen LogP contribution in [0.4, 0.5) is 0 Å². The number of rotatable bonds is 4. The van der Waals surface area contributed by atoms with Crippen LogP contribution in [0.15, 0.2) is 16.8 Å². The second-order valence-electron chi connectivity index (χ2n) is 4.45. The maximum atomic E-state index is 11.9. The third kappa shape index (κ3) is 2.76. The van der Waals surface area contributed by atoms with Crippen LogP contribution in [0.1, 0.15) is 54.7 Å². The zero-order chi connectivity index (χ0) is 13.1. The van der Waals surface area contributed by atoms with Gasteiger partial charge in [0.05, 0.1) is 6.04 Å². The molecule has 0 aliphatic heterocycles. The van der Waals surface area contributed by atoms with E-state index in [1.165, 1.54) is 0 Å². The molecule has 1 amide bonds. The quantitative estimate of drug-likeness (QED) is 0.891. The summed E-state index contributed by atoms with van der Waals surface area (Å²) in [7, 11) is 0. The predicted molar refractivity (Wildman–Crippen MR) is 70.7 cm³/mol. The Hall–Kier alpha value is -1.69. The third-order valence-electron chi connectivity index (χ3n) is 2.64. The Morgan fingerprint density at radius 1 is 1.44 bits per heavy atom. The molecule has 2 N–H and O–H groups in total. The molecule has 0 aromatic carbocycles. The average molecular weight is 264 g/mol. The Kier molecular flexibility index (Phi) is 3.76. The van der Waals surface area contributed by atoms with Crippen LogP contribution in [0.2, 0.25) is 0 Å². The minimum atomic E-state index is -0.253. The van der Waals surface area contributed by atoms with Gasteiger partial charge in [-0.3, -0.25) is 9.89 Å². The summed E-state index contributed by atoms with van der Waals surface area (Å²) in [4.78, 5) is 16.1. The standard InChI is InChI=1S/C12H16N4OS/c1-7(2)10-14-11(16-15-10)12(17)13-8(3)9-4-5-18-6-9/h4-8H,1-3H3,(H,13,17)(H,14,15,16). The molecule has 1 atom stereocenters. The zero-order valence-corrected chi connectivity index (χ0v) is 11.4. The highest BCUT2D eigenvalue weighted by atomic mass is 32.1. The molecule has 0 saturated carbocycles. The molecule has 0 fully saturated rings. The van der Waals surface area contributed by atoms with Gasteiger partial charge >= 0.3 is 0 Å². The summed E-state index contributed by atoms with van der Waals surface area (Å²) in [5.74, 6) is 0.898. The van der Waals surface area contributed by atoms with Gasteiger partial charge in [0.15, 0.2) is 0 Å². The van der Waals surface area contributed by atoms with Crippen molar-refractivity contribution in [1.82, 2.24) is 20.5 Å². The van der Waals surface area contributed by atoms with Gasteiger partial charge in [-0.15, -0.1) is 5.10 Å². The molecule has 0 saturated heterocycles. The van der Waals surface area contributed by atoms with Crippen molar-refractivity contribution in [2.45, 2.75) is 32.7 Å². The van der Waals surface area contributed by atoms with Crippen LogP contribution < -0.4 is 5.32 Å². The summed E-state index contributed by atoms with van der Waals surface area (Å²) in [5, 5.41) is 13.6. The number of nitrogens with zero attached hydrogens (tertiary/aromatic N) is 2. The summed E-state index contributed by atoms with van der Waals surface area (Å²) in [6.07, 6.45) is 0. The van der Waals surface area contributed by atoms with Gasteiger partial charge < -0.3 is 5.32 Å². The fraction of sp³-hybridized carbons (Fsp3) is 0.417. The van der Waals surface area contributed by atoms with Gasteiger partial charge in [-0.1, -0.05) is 13.8 Å². The van der Waals surface area contributed by atoms with E-state index in [-0.39, 0.29) is 23.7 Å². The molecule has 2 rings (SSSR count). The lowest BCUT2D eigenvalue weighted by atomic mass is 10.2. The summed E-state index contributed by atoms with van der Waals surface area (Å²) in [5.41, 5.74) is 1.09. The minimum absolute atomic E-state index is 0.0373. The lowest BCUT2D eigenvalue weighted by molar-refractivity contribution is 0.0930. The van der Waals surface area contributed by atoms with Crippen LogP contribution in [-0.4, -0.2) is 21.1 Å². The number of hydrogen-bond donors (Lipinski definition) is 2. The van der Waals surface area contributed by atoms with E-state index >= 15 is 0 Å². The van der Waals surface area contributed by atoms with Crippen molar-refractivity contribution < 1.29 is 4.79 Å². The first-order chi connectivity index (χ1) is 8.58. The normalized spacial score (nSPS) is 12.7. The Bertz CT molecular complexity index is 518. The number of aromatic amines is 1. The summed E-state index contributed by atoms with van der Waals surface area (Å²) >= 11 is 1.61. The number of thiophene rings is 1. The van der Waals surface area contributed by atoms with Gasteiger partial charge in [-0.05, 0) is 29.3 Å². The van der Waals surface area contributed by atoms with E-state index < -0.39 is 0 Å². The molecule has 6 heteroatoms. The van der Waals surface area contributed by atoms with Crippen molar-refractivity contribution in [2.75, 3.05) is 0 Å². The summed E-state index contributed by atoms with van der Waals surface area (Å²) in [6.45, 7) is 5.93. The molecule has 0 bridgehead atoms. The Morgan fingerprint density at radius 2 is 2.22 bits per heavy atom.